The van der Waals surface area contributed by atoms with E-state index in [1.165, 1.54) is 11.1 Å². The van der Waals surface area contributed by atoms with Crippen LogP contribution in [0, 0.1) is 0 Å². The first-order valence-electron chi connectivity index (χ1n) is 12.6. The number of nitrogens with one attached hydrogen (secondary N) is 1. The fourth-order valence-electron chi connectivity index (χ4n) is 4.64. The van der Waals surface area contributed by atoms with Crippen molar-refractivity contribution < 1.29 is 9.59 Å². The number of carbonyl (C=O) groups excluding carboxylic acids is 2. The number of benzene rings is 2. The summed E-state index contributed by atoms with van der Waals surface area (Å²) in [5, 5.41) is 12.2. The molecule has 192 valence electrons. The van der Waals surface area contributed by atoms with Crippen LogP contribution in [-0.2, 0) is 29.7 Å². The van der Waals surface area contributed by atoms with Crippen LogP contribution in [0.3, 0.4) is 0 Å². The Morgan fingerprint density at radius 3 is 2.39 bits per heavy atom. The number of aromatic nitrogens is 2. The minimum Gasteiger partial charge on any atom is -0.353 e. The maximum atomic E-state index is 13.4. The Hall–Kier alpha value is -3.43. The molecule has 1 aliphatic rings. The van der Waals surface area contributed by atoms with Gasteiger partial charge in [-0.25, -0.2) is 5.01 Å². The summed E-state index contributed by atoms with van der Waals surface area (Å²) < 4.78 is 1.77. The van der Waals surface area contributed by atoms with Crippen molar-refractivity contribution >= 4 is 28.4 Å². The van der Waals surface area contributed by atoms with Crippen LogP contribution in [0.2, 0.25) is 0 Å². The third-order valence-electron chi connectivity index (χ3n) is 6.88. The molecule has 1 N–H and O–H groups in total. The summed E-state index contributed by atoms with van der Waals surface area (Å²) in [6.07, 6.45) is 1.94. The van der Waals surface area contributed by atoms with Gasteiger partial charge in [0, 0.05) is 57.5 Å². The molecule has 0 saturated carbocycles. The van der Waals surface area contributed by atoms with E-state index in [1.807, 2.05) is 53.5 Å². The number of likely N-dealkylation sites (N-methyl/N-ethyl adjacent to an activating group) is 2. The Balaban J connectivity index is 1.46. The van der Waals surface area contributed by atoms with Gasteiger partial charge < -0.3 is 15.1 Å². The van der Waals surface area contributed by atoms with Crippen LogP contribution in [0.15, 0.2) is 48.7 Å². The molecule has 1 aliphatic heterocycles. The van der Waals surface area contributed by atoms with Gasteiger partial charge in [-0.3, -0.25) is 19.3 Å². The van der Waals surface area contributed by atoms with E-state index in [-0.39, 0.29) is 24.9 Å². The van der Waals surface area contributed by atoms with Crippen LogP contribution in [-0.4, -0.2) is 82.8 Å². The van der Waals surface area contributed by atoms with Crippen molar-refractivity contribution in [1.29, 1.82) is 0 Å². The van der Waals surface area contributed by atoms with Crippen LogP contribution in [0.1, 0.15) is 25.0 Å². The van der Waals surface area contributed by atoms with Crippen LogP contribution < -0.4 is 10.2 Å². The number of amides is 2. The fraction of sp³-hybridized carbons (Fsp3) is 0.444. The number of rotatable bonds is 11. The van der Waals surface area contributed by atoms with Crippen molar-refractivity contribution in [2.24, 2.45) is 7.05 Å². The van der Waals surface area contributed by atoms with Crippen LogP contribution in [0.25, 0.3) is 10.9 Å². The van der Waals surface area contributed by atoms with Crippen molar-refractivity contribution in [3.63, 3.8) is 0 Å². The highest BCUT2D eigenvalue weighted by Gasteiger charge is 2.26. The van der Waals surface area contributed by atoms with E-state index in [4.69, 9.17) is 0 Å². The smallest absolute Gasteiger partial charge is 0.256 e. The third-order valence-corrected chi connectivity index (χ3v) is 6.88. The molecule has 36 heavy (non-hydrogen) atoms. The lowest BCUT2D eigenvalue weighted by molar-refractivity contribution is -0.145. The second-order valence-electron chi connectivity index (χ2n) is 9.29. The molecule has 2 amide bonds. The first kappa shape index (κ1) is 25.7. The number of anilines is 1. The monoisotopic (exact) mass is 491 g/mol. The Morgan fingerprint density at radius 2 is 1.72 bits per heavy atom. The zero-order valence-electron chi connectivity index (χ0n) is 21.8. The maximum Gasteiger partial charge on any atom is 0.256 e. The number of hydrogen-bond acceptors (Lipinski definition) is 6. The first-order valence-corrected chi connectivity index (χ1v) is 12.6. The van der Waals surface area contributed by atoms with E-state index in [1.54, 1.807) is 16.7 Å². The Bertz CT molecular complexity index is 1180. The van der Waals surface area contributed by atoms with Crippen molar-refractivity contribution in [1.82, 2.24) is 30.0 Å². The topological polar surface area (TPSA) is 77.0 Å². The molecule has 0 radical (unpaired) electrons. The minimum absolute atomic E-state index is 0.0648. The summed E-state index contributed by atoms with van der Waals surface area (Å²) in [6, 6.07) is 14.1. The molecular formula is C27H37N7O2. The van der Waals surface area contributed by atoms with Gasteiger partial charge in [-0.05, 0) is 42.4 Å². The van der Waals surface area contributed by atoms with E-state index in [2.05, 4.69) is 41.3 Å². The van der Waals surface area contributed by atoms with Gasteiger partial charge in [-0.15, -0.1) is 0 Å². The lowest BCUT2D eigenvalue weighted by Gasteiger charge is -2.31. The highest BCUT2D eigenvalue weighted by Crippen LogP contribution is 2.24. The second kappa shape index (κ2) is 11.5. The quantitative estimate of drug-likeness (QED) is 0.443. The molecule has 0 fully saturated rings. The molecule has 3 aromatic rings. The lowest BCUT2D eigenvalue weighted by Crippen LogP contribution is -2.48. The van der Waals surface area contributed by atoms with Gasteiger partial charge in [-0.1, -0.05) is 38.1 Å². The summed E-state index contributed by atoms with van der Waals surface area (Å²) in [6.45, 7) is 9.11. The summed E-state index contributed by atoms with van der Waals surface area (Å²) in [4.78, 5) is 30.4. The minimum atomic E-state index is -0.0996. The first-order chi connectivity index (χ1) is 17.4. The summed E-state index contributed by atoms with van der Waals surface area (Å²) in [7, 11) is 3.69. The van der Waals surface area contributed by atoms with E-state index < -0.39 is 0 Å². The molecule has 2 heterocycles. The molecule has 0 atom stereocenters. The number of carbonyl (C=O) groups is 2. The number of aryl methyl sites for hydroxylation is 1. The largest absolute Gasteiger partial charge is 0.353 e. The molecule has 0 spiro atoms. The molecule has 2 aromatic carbocycles. The normalized spacial score (nSPS) is 13.2. The highest BCUT2D eigenvalue weighted by molar-refractivity contribution is 5.89. The van der Waals surface area contributed by atoms with Gasteiger partial charge in [-0.2, -0.15) is 5.10 Å². The van der Waals surface area contributed by atoms with Crippen molar-refractivity contribution in [2.45, 2.75) is 26.9 Å². The molecule has 0 saturated heterocycles. The summed E-state index contributed by atoms with van der Waals surface area (Å²) in [5.41, 5.74) is 4.18. The van der Waals surface area contributed by atoms with Crippen molar-refractivity contribution in [3.8, 4) is 0 Å². The zero-order valence-corrected chi connectivity index (χ0v) is 21.8. The van der Waals surface area contributed by atoms with E-state index in [0.29, 0.717) is 19.6 Å². The zero-order chi connectivity index (χ0) is 25.7. The predicted molar refractivity (Wildman–Crippen MR) is 142 cm³/mol. The Morgan fingerprint density at radius 1 is 1.03 bits per heavy atom. The van der Waals surface area contributed by atoms with Gasteiger partial charge in [0.2, 0.25) is 5.91 Å². The number of hydrogen-bond donors (Lipinski definition) is 1. The SMILES string of the molecule is CCN(CC)CCNC(=O)CN(CC(=O)N(C)N1Cc2ccccc2C1)c1ccc2nn(C)cc2c1. The van der Waals surface area contributed by atoms with Crippen LogP contribution in [0.4, 0.5) is 5.69 Å². The lowest BCUT2D eigenvalue weighted by atomic mass is 10.1. The molecule has 0 aliphatic carbocycles. The second-order valence-corrected chi connectivity index (χ2v) is 9.29. The predicted octanol–water partition coefficient (Wildman–Crippen LogP) is 2.23. The molecule has 0 bridgehead atoms. The van der Waals surface area contributed by atoms with Crippen LogP contribution >= 0.6 is 0 Å². The summed E-state index contributed by atoms with van der Waals surface area (Å²) >= 11 is 0. The average molecular weight is 492 g/mol. The average Bonchev–Trinajstić information content (AvgIpc) is 3.47. The highest BCUT2D eigenvalue weighted by atomic mass is 16.2. The van der Waals surface area contributed by atoms with Gasteiger partial charge in [0.15, 0.2) is 0 Å². The van der Waals surface area contributed by atoms with Crippen molar-refractivity contribution in [2.75, 3.05) is 51.2 Å². The van der Waals surface area contributed by atoms with E-state index in [9.17, 15) is 9.59 Å². The van der Waals surface area contributed by atoms with E-state index >= 15 is 0 Å². The van der Waals surface area contributed by atoms with Gasteiger partial charge >= 0.3 is 0 Å². The van der Waals surface area contributed by atoms with Gasteiger partial charge in [0.05, 0.1) is 18.6 Å². The molecule has 0 unspecified atom stereocenters. The molecule has 9 nitrogen and oxygen atoms in total. The molecular weight excluding hydrogens is 454 g/mol. The number of fused-ring (bicyclic) bond motifs is 2. The molecule has 4 rings (SSSR count). The number of nitrogens with zero attached hydrogens (tertiary/aromatic N) is 6. The Labute approximate surface area is 213 Å². The van der Waals surface area contributed by atoms with Crippen molar-refractivity contribution in [3.05, 3.63) is 59.8 Å². The van der Waals surface area contributed by atoms with Crippen LogP contribution in [0.5, 0.6) is 0 Å². The van der Waals surface area contributed by atoms with Gasteiger partial charge in [0.1, 0.15) is 0 Å². The molecule has 1 aromatic heterocycles. The summed E-state index contributed by atoms with van der Waals surface area (Å²) in [5.74, 6) is -0.164. The molecule has 9 heteroatoms. The standard InChI is InChI=1S/C27H37N7O2/c1-5-32(6-2)14-13-28-26(35)19-33(24-11-12-25-23(15-24)16-30(3)29-25)20-27(36)31(4)34-17-21-9-7-8-10-22(21)18-34/h7-12,15-16H,5-6,13-14,17-20H2,1-4H3,(H,28,35). The van der Waals surface area contributed by atoms with E-state index in [0.717, 1.165) is 36.2 Å². The Kier molecular flexibility index (Phi) is 8.22. The fourth-order valence-corrected chi connectivity index (χ4v) is 4.64. The maximum absolute atomic E-state index is 13.4. The van der Waals surface area contributed by atoms with Gasteiger partial charge in [0.25, 0.3) is 5.91 Å². The number of hydrazine groups is 1. The third kappa shape index (κ3) is 6.03.